The van der Waals surface area contributed by atoms with Crippen molar-refractivity contribution in [3.8, 4) is 17.6 Å². The van der Waals surface area contributed by atoms with Gasteiger partial charge in [-0.25, -0.2) is 9.82 Å². The molecule has 0 atom stereocenters. The number of amides is 1. The largest absolute Gasteiger partial charge is 0.490 e. The van der Waals surface area contributed by atoms with E-state index >= 15 is 0 Å². The van der Waals surface area contributed by atoms with Crippen LogP contribution in [-0.4, -0.2) is 18.7 Å². The second-order valence-electron chi connectivity index (χ2n) is 7.70. The molecule has 0 bridgehead atoms. The number of nitrogens with one attached hydrogen (secondary N) is 1. The van der Waals surface area contributed by atoms with Gasteiger partial charge in [0.05, 0.1) is 35.0 Å². The Morgan fingerprint density at radius 2 is 1.92 bits per heavy atom. The zero-order chi connectivity index (χ0) is 25.5. The van der Waals surface area contributed by atoms with Crippen molar-refractivity contribution in [1.29, 1.82) is 5.26 Å². The number of rotatable bonds is 8. The Balaban J connectivity index is 1.50. The summed E-state index contributed by atoms with van der Waals surface area (Å²) in [6.45, 7) is 2.52. The van der Waals surface area contributed by atoms with Crippen LogP contribution in [0.15, 0.2) is 77.9 Å². The number of hydrogen-bond acceptors (Lipinski definition) is 5. The summed E-state index contributed by atoms with van der Waals surface area (Å²) < 4.78 is 25.8. The van der Waals surface area contributed by atoms with E-state index < -0.39 is 11.7 Å². The molecule has 0 aliphatic carbocycles. The monoisotopic (exact) mass is 501 g/mol. The van der Waals surface area contributed by atoms with Crippen LogP contribution in [0.1, 0.15) is 34.0 Å². The average Bonchev–Trinajstić information content (AvgIpc) is 2.88. The Labute approximate surface area is 212 Å². The fourth-order valence-electron chi connectivity index (χ4n) is 3.63. The number of ether oxygens (including phenoxy) is 2. The van der Waals surface area contributed by atoms with Gasteiger partial charge >= 0.3 is 0 Å². The highest BCUT2D eigenvalue weighted by molar-refractivity contribution is 6.32. The molecule has 0 aliphatic heterocycles. The number of hydrazone groups is 1. The summed E-state index contributed by atoms with van der Waals surface area (Å²) in [5, 5.41) is 15.2. The number of halogens is 2. The molecule has 0 unspecified atom stereocenters. The third kappa shape index (κ3) is 5.62. The zero-order valence-electron chi connectivity index (χ0n) is 19.3. The maximum atomic E-state index is 14.0. The summed E-state index contributed by atoms with van der Waals surface area (Å²) in [5.41, 5.74) is 3.71. The van der Waals surface area contributed by atoms with E-state index in [1.54, 1.807) is 12.1 Å². The lowest BCUT2D eigenvalue weighted by atomic mass is 10.1. The van der Waals surface area contributed by atoms with Crippen molar-refractivity contribution < 1.29 is 18.7 Å². The van der Waals surface area contributed by atoms with Crippen LogP contribution in [0.4, 0.5) is 4.39 Å². The van der Waals surface area contributed by atoms with Crippen LogP contribution in [0.25, 0.3) is 10.8 Å². The Morgan fingerprint density at radius 1 is 1.11 bits per heavy atom. The lowest BCUT2D eigenvalue weighted by Gasteiger charge is -2.15. The summed E-state index contributed by atoms with van der Waals surface area (Å²) in [5.74, 6) is -0.737. The molecule has 0 aliphatic rings. The third-order valence-electron chi connectivity index (χ3n) is 5.31. The van der Waals surface area contributed by atoms with Gasteiger partial charge in [-0.3, -0.25) is 4.79 Å². The highest BCUT2D eigenvalue weighted by Crippen LogP contribution is 2.37. The highest BCUT2D eigenvalue weighted by atomic mass is 35.5. The molecule has 0 heterocycles. The lowest BCUT2D eigenvalue weighted by Crippen LogP contribution is -2.19. The maximum absolute atomic E-state index is 14.0. The second kappa shape index (κ2) is 11.3. The van der Waals surface area contributed by atoms with Gasteiger partial charge in [0, 0.05) is 0 Å². The van der Waals surface area contributed by atoms with Crippen molar-refractivity contribution in [2.75, 3.05) is 6.61 Å². The molecule has 6 nitrogen and oxygen atoms in total. The molecule has 1 amide bonds. The molecule has 0 fully saturated rings. The minimum absolute atomic E-state index is 0.119. The molecule has 8 heteroatoms. The second-order valence-corrected chi connectivity index (χ2v) is 8.10. The van der Waals surface area contributed by atoms with Crippen LogP contribution in [0.5, 0.6) is 11.5 Å². The molecule has 180 valence electrons. The first-order valence-corrected chi connectivity index (χ1v) is 11.5. The summed E-state index contributed by atoms with van der Waals surface area (Å²) in [6, 6.07) is 22.8. The van der Waals surface area contributed by atoms with Gasteiger partial charge in [0.1, 0.15) is 12.4 Å². The lowest BCUT2D eigenvalue weighted by molar-refractivity contribution is 0.0951. The van der Waals surface area contributed by atoms with E-state index in [1.807, 2.05) is 55.5 Å². The molecule has 0 radical (unpaired) electrons. The van der Waals surface area contributed by atoms with E-state index in [9.17, 15) is 9.18 Å². The number of carbonyl (C=O) groups excluding carboxylic acids is 1. The molecule has 0 aromatic heterocycles. The fourth-order valence-corrected chi connectivity index (χ4v) is 3.90. The normalized spacial score (nSPS) is 10.8. The summed E-state index contributed by atoms with van der Waals surface area (Å²) in [4.78, 5) is 12.2. The smallest absolute Gasteiger partial charge is 0.274 e. The van der Waals surface area contributed by atoms with E-state index in [1.165, 1.54) is 18.3 Å². The standard InChI is InChI=1S/C28H21ClFN3O3/c1-2-35-26-14-19(16-32-33-28(34)23-11-10-18(15-31)13-25(23)30)12-24(29)27(26)36-17-21-8-5-7-20-6-3-4-9-22(20)21/h3-14,16H,2,17H2,1H3,(H,33,34). The Morgan fingerprint density at radius 3 is 2.69 bits per heavy atom. The Bertz CT molecular complexity index is 1490. The van der Waals surface area contributed by atoms with Crippen molar-refractivity contribution in [2.45, 2.75) is 13.5 Å². The van der Waals surface area contributed by atoms with Gasteiger partial charge in [0.2, 0.25) is 0 Å². The number of nitriles is 1. The molecule has 0 saturated carbocycles. The molecule has 4 aromatic carbocycles. The van der Waals surface area contributed by atoms with E-state index in [0.29, 0.717) is 35.3 Å². The van der Waals surface area contributed by atoms with Gasteiger partial charge < -0.3 is 9.47 Å². The van der Waals surface area contributed by atoms with Crippen LogP contribution in [0.2, 0.25) is 5.02 Å². The van der Waals surface area contributed by atoms with E-state index in [2.05, 4.69) is 10.5 Å². The number of benzene rings is 4. The maximum Gasteiger partial charge on any atom is 0.274 e. The van der Waals surface area contributed by atoms with Crippen molar-refractivity contribution in [1.82, 2.24) is 5.43 Å². The van der Waals surface area contributed by atoms with Gasteiger partial charge in [-0.15, -0.1) is 0 Å². The molecule has 1 N–H and O–H groups in total. The molecule has 4 aromatic rings. The Hall–Kier alpha value is -4.41. The van der Waals surface area contributed by atoms with Gasteiger partial charge in [0.15, 0.2) is 11.5 Å². The van der Waals surface area contributed by atoms with E-state index in [0.717, 1.165) is 22.4 Å². The molecule has 0 spiro atoms. The predicted octanol–water partition coefficient (Wildman–Crippen LogP) is 6.25. The van der Waals surface area contributed by atoms with E-state index in [-0.39, 0.29) is 11.1 Å². The first-order chi connectivity index (χ1) is 17.5. The van der Waals surface area contributed by atoms with Crippen molar-refractivity contribution >= 4 is 34.5 Å². The fraction of sp³-hybridized carbons (Fsp3) is 0.107. The van der Waals surface area contributed by atoms with Crippen molar-refractivity contribution in [2.24, 2.45) is 5.10 Å². The summed E-state index contributed by atoms with van der Waals surface area (Å²) >= 11 is 6.51. The van der Waals surface area contributed by atoms with Crippen LogP contribution in [0, 0.1) is 17.1 Å². The topological polar surface area (TPSA) is 83.7 Å². The van der Waals surface area contributed by atoms with Crippen LogP contribution in [-0.2, 0) is 6.61 Å². The van der Waals surface area contributed by atoms with Crippen molar-refractivity contribution in [3.63, 3.8) is 0 Å². The number of carbonyl (C=O) groups is 1. The molecular formula is C28H21ClFN3O3. The number of hydrogen-bond donors (Lipinski definition) is 1. The van der Waals surface area contributed by atoms with Crippen LogP contribution in [0.3, 0.4) is 0 Å². The van der Waals surface area contributed by atoms with Gasteiger partial charge in [-0.05, 0) is 59.2 Å². The number of nitrogens with zero attached hydrogens (tertiary/aromatic N) is 2. The van der Waals surface area contributed by atoms with Gasteiger partial charge in [0.25, 0.3) is 5.91 Å². The highest BCUT2D eigenvalue weighted by Gasteiger charge is 2.14. The molecule has 36 heavy (non-hydrogen) atoms. The Kier molecular flexibility index (Phi) is 7.79. The van der Waals surface area contributed by atoms with Crippen LogP contribution < -0.4 is 14.9 Å². The number of fused-ring (bicyclic) bond motifs is 1. The SMILES string of the molecule is CCOc1cc(C=NNC(=O)c2ccc(C#N)cc2F)cc(Cl)c1OCc1cccc2ccccc12. The van der Waals surface area contributed by atoms with Gasteiger partial charge in [-0.1, -0.05) is 54.1 Å². The van der Waals surface area contributed by atoms with E-state index in [4.69, 9.17) is 26.3 Å². The first kappa shape index (κ1) is 24.7. The molecular weight excluding hydrogens is 481 g/mol. The first-order valence-electron chi connectivity index (χ1n) is 11.1. The molecule has 4 rings (SSSR count). The zero-order valence-corrected chi connectivity index (χ0v) is 20.1. The summed E-state index contributed by atoms with van der Waals surface area (Å²) in [6.07, 6.45) is 1.36. The van der Waals surface area contributed by atoms with Gasteiger partial charge in [-0.2, -0.15) is 10.4 Å². The predicted molar refractivity (Wildman–Crippen MR) is 137 cm³/mol. The quantitative estimate of drug-likeness (QED) is 0.228. The van der Waals surface area contributed by atoms with Crippen molar-refractivity contribution in [3.05, 3.63) is 106 Å². The minimum atomic E-state index is -0.809. The third-order valence-corrected chi connectivity index (χ3v) is 5.59. The average molecular weight is 502 g/mol. The minimum Gasteiger partial charge on any atom is -0.490 e. The molecule has 0 saturated heterocycles. The van der Waals surface area contributed by atoms with Crippen LogP contribution >= 0.6 is 11.6 Å². The summed E-state index contributed by atoms with van der Waals surface area (Å²) in [7, 11) is 0.